The SMILES string of the molecule is CC(Cn1cnnn1)Oc1cc(-c2cnc(Nc3cc(N4CCC(N5CCOCC5)CC4)ccc3C(N)=O)nc2)ccc1Cl. The molecule has 0 radical (unpaired) electrons. The van der Waals surface area contributed by atoms with Crippen molar-refractivity contribution in [3.05, 3.63) is 65.7 Å². The molecule has 2 fully saturated rings. The van der Waals surface area contributed by atoms with Gasteiger partial charge in [-0.25, -0.2) is 14.6 Å². The summed E-state index contributed by atoms with van der Waals surface area (Å²) in [5.41, 5.74) is 9.29. The van der Waals surface area contributed by atoms with Crippen LogP contribution in [0.1, 0.15) is 30.1 Å². The first kappa shape index (κ1) is 29.7. The number of piperidine rings is 1. The van der Waals surface area contributed by atoms with Crippen molar-refractivity contribution in [2.24, 2.45) is 5.73 Å². The molecular formula is C30H35ClN10O3. The third-order valence-electron chi connectivity index (χ3n) is 7.99. The standard InChI is InChI=1S/C30H35ClN10O3/c1-20(18-41-19-35-37-38-41)44-28-14-21(2-5-26(28)31)22-16-33-30(34-17-22)36-27-15-24(3-4-25(27)29(32)42)39-8-6-23(7-9-39)40-10-12-43-13-11-40/h2-5,14-17,19-20,23H,6-13,18H2,1H3,(H2,32,42)(H,33,34,36). The van der Waals surface area contributed by atoms with E-state index in [1.54, 1.807) is 29.2 Å². The van der Waals surface area contributed by atoms with Gasteiger partial charge in [0.2, 0.25) is 5.95 Å². The molecule has 14 heteroatoms. The van der Waals surface area contributed by atoms with Gasteiger partial charge in [0.1, 0.15) is 18.2 Å². The van der Waals surface area contributed by atoms with Crippen LogP contribution in [-0.4, -0.2) is 92.5 Å². The van der Waals surface area contributed by atoms with E-state index in [2.05, 4.69) is 40.6 Å². The third kappa shape index (κ3) is 7.07. The van der Waals surface area contributed by atoms with Gasteiger partial charge in [-0.2, -0.15) is 0 Å². The summed E-state index contributed by atoms with van der Waals surface area (Å²) in [4.78, 5) is 26.2. The summed E-state index contributed by atoms with van der Waals surface area (Å²) in [6.45, 7) is 7.88. The molecule has 4 aromatic rings. The second kappa shape index (κ2) is 13.5. The number of amides is 1. The zero-order chi connectivity index (χ0) is 30.5. The van der Waals surface area contributed by atoms with Crippen LogP contribution < -0.4 is 20.7 Å². The van der Waals surface area contributed by atoms with Crippen molar-refractivity contribution in [1.82, 2.24) is 35.1 Å². The number of hydrogen-bond donors (Lipinski definition) is 2. The summed E-state index contributed by atoms with van der Waals surface area (Å²) in [6.07, 6.45) is 6.89. The Kier molecular flexibility index (Phi) is 9.15. The van der Waals surface area contributed by atoms with Gasteiger partial charge >= 0.3 is 0 Å². The van der Waals surface area contributed by atoms with Crippen LogP contribution in [0.4, 0.5) is 17.3 Å². The average Bonchev–Trinajstić information content (AvgIpc) is 3.56. The topological polar surface area (TPSA) is 149 Å². The van der Waals surface area contributed by atoms with Crippen LogP contribution >= 0.6 is 11.6 Å². The molecule has 2 aromatic carbocycles. The number of aromatic nitrogens is 6. The van der Waals surface area contributed by atoms with Crippen LogP contribution in [-0.2, 0) is 11.3 Å². The van der Waals surface area contributed by atoms with Crippen LogP contribution in [0, 0.1) is 0 Å². The summed E-state index contributed by atoms with van der Waals surface area (Å²) in [5, 5.41) is 14.9. The number of halogens is 1. The number of nitrogens with one attached hydrogen (secondary N) is 1. The zero-order valence-corrected chi connectivity index (χ0v) is 25.2. The summed E-state index contributed by atoms with van der Waals surface area (Å²) in [5.74, 6) is 0.355. The van der Waals surface area contributed by atoms with Crippen LogP contribution in [0.5, 0.6) is 5.75 Å². The van der Waals surface area contributed by atoms with E-state index in [9.17, 15) is 4.79 Å². The van der Waals surface area contributed by atoms with Gasteiger partial charge in [-0.3, -0.25) is 9.69 Å². The first-order valence-corrected chi connectivity index (χ1v) is 15.1. The number of morpholine rings is 1. The largest absolute Gasteiger partial charge is 0.487 e. The molecule has 3 N–H and O–H groups in total. The lowest BCUT2D eigenvalue weighted by molar-refractivity contribution is 0.0115. The number of benzene rings is 2. The van der Waals surface area contributed by atoms with E-state index in [4.69, 9.17) is 26.8 Å². The highest BCUT2D eigenvalue weighted by molar-refractivity contribution is 6.32. The van der Waals surface area contributed by atoms with Gasteiger partial charge in [-0.15, -0.1) is 5.10 Å². The highest BCUT2D eigenvalue weighted by atomic mass is 35.5. The monoisotopic (exact) mass is 618 g/mol. The molecule has 0 spiro atoms. The quantitative estimate of drug-likeness (QED) is 0.269. The fraction of sp³-hybridized carbons (Fsp3) is 0.400. The van der Waals surface area contributed by atoms with Crippen molar-refractivity contribution in [2.45, 2.75) is 38.5 Å². The highest BCUT2D eigenvalue weighted by Crippen LogP contribution is 2.32. The number of primary amides is 1. The van der Waals surface area contributed by atoms with Gasteiger partial charge in [0.05, 0.1) is 36.0 Å². The van der Waals surface area contributed by atoms with E-state index in [0.717, 1.165) is 69.0 Å². The van der Waals surface area contributed by atoms with E-state index in [-0.39, 0.29) is 6.10 Å². The van der Waals surface area contributed by atoms with Crippen LogP contribution in [0.15, 0.2) is 55.1 Å². The Hall–Kier alpha value is -4.33. The van der Waals surface area contributed by atoms with Crippen molar-refractivity contribution in [1.29, 1.82) is 0 Å². The van der Waals surface area contributed by atoms with Crippen molar-refractivity contribution >= 4 is 34.8 Å². The highest BCUT2D eigenvalue weighted by Gasteiger charge is 2.26. The summed E-state index contributed by atoms with van der Waals surface area (Å²) >= 11 is 6.42. The molecule has 6 rings (SSSR count). The zero-order valence-electron chi connectivity index (χ0n) is 24.5. The molecule has 0 saturated carbocycles. The molecule has 1 atom stereocenters. The molecule has 2 aromatic heterocycles. The molecule has 1 unspecified atom stereocenters. The minimum atomic E-state index is -0.523. The Labute approximate surface area is 260 Å². The minimum absolute atomic E-state index is 0.222. The molecule has 1 amide bonds. The van der Waals surface area contributed by atoms with E-state index in [1.807, 2.05) is 31.2 Å². The van der Waals surface area contributed by atoms with Gasteiger partial charge in [-0.05, 0) is 66.1 Å². The van der Waals surface area contributed by atoms with Crippen LogP contribution in [0.3, 0.4) is 0 Å². The Morgan fingerprint density at radius 3 is 2.57 bits per heavy atom. The number of nitrogens with two attached hydrogens (primary N) is 1. The Bertz CT molecular complexity index is 1560. The number of nitrogens with zero attached hydrogens (tertiary/aromatic N) is 8. The first-order valence-electron chi connectivity index (χ1n) is 14.7. The molecule has 2 aliphatic heterocycles. The fourth-order valence-corrected chi connectivity index (χ4v) is 5.86. The van der Waals surface area contributed by atoms with Crippen molar-refractivity contribution in [2.75, 3.05) is 49.6 Å². The molecule has 44 heavy (non-hydrogen) atoms. The van der Waals surface area contributed by atoms with E-state index < -0.39 is 5.91 Å². The second-order valence-electron chi connectivity index (χ2n) is 11.0. The van der Waals surface area contributed by atoms with E-state index >= 15 is 0 Å². The Morgan fingerprint density at radius 2 is 1.86 bits per heavy atom. The number of hydrogen-bond acceptors (Lipinski definition) is 11. The van der Waals surface area contributed by atoms with Crippen LogP contribution in [0.2, 0.25) is 5.02 Å². The summed E-state index contributed by atoms with van der Waals surface area (Å²) in [6, 6.07) is 11.7. The lowest BCUT2D eigenvalue weighted by Gasteiger charge is -2.41. The molecule has 13 nitrogen and oxygen atoms in total. The number of anilines is 3. The van der Waals surface area contributed by atoms with Crippen LogP contribution in [0.25, 0.3) is 11.1 Å². The number of ether oxygens (including phenoxy) is 2. The smallest absolute Gasteiger partial charge is 0.250 e. The van der Waals surface area contributed by atoms with Crippen molar-refractivity contribution in [3.8, 4) is 16.9 Å². The van der Waals surface area contributed by atoms with Gasteiger partial charge in [0.25, 0.3) is 5.91 Å². The van der Waals surface area contributed by atoms with Gasteiger partial charge in [0, 0.05) is 55.9 Å². The third-order valence-corrected chi connectivity index (χ3v) is 8.30. The predicted octanol–water partition coefficient (Wildman–Crippen LogP) is 3.39. The number of carbonyl (C=O) groups excluding carboxylic acids is 1. The molecule has 2 saturated heterocycles. The van der Waals surface area contributed by atoms with E-state index in [0.29, 0.717) is 40.6 Å². The Morgan fingerprint density at radius 1 is 1.09 bits per heavy atom. The lowest BCUT2D eigenvalue weighted by Crippen LogP contribution is -2.49. The second-order valence-corrected chi connectivity index (χ2v) is 11.4. The molecule has 4 heterocycles. The normalized spacial score (nSPS) is 16.9. The molecular weight excluding hydrogens is 584 g/mol. The summed E-state index contributed by atoms with van der Waals surface area (Å²) < 4.78 is 13.2. The van der Waals surface area contributed by atoms with E-state index in [1.165, 1.54) is 6.33 Å². The first-order chi connectivity index (χ1) is 21.4. The van der Waals surface area contributed by atoms with Gasteiger partial charge < -0.3 is 25.4 Å². The molecule has 230 valence electrons. The summed E-state index contributed by atoms with van der Waals surface area (Å²) in [7, 11) is 0. The maximum Gasteiger partial charge on any atom is 0.250 e. The maximum atomic E-state index is 12.3. The van der Waals surface area contributed by atoms with Crippen molar-refractivity contribution in [3.63, 3.8) is 0 Å². The van der Waals surface area contributed by atoms with Crippen molar-refractivity contribution < 1.29 is 14.3 Å². The Balaban J connectivity index is 1.13. The fourth-order valence-electron chi connectivity index (χ4n) is 5.70. The molecule has 0 bridgehead atoms. The molecule has 2 aliphatic rings. The number of rotatable bonds is 10. The molecule has 0 aliphatic carbocycles. The maximum absolute atomic E-state index is 12.3. The average molecular weight is 619 g/mol. The van der Waals surface area contributed by atoms with Gasteiger partial charge in [0.15, 0.2) is 0 Å². The predicted molar refractivity (Wildman–Crippen MR) is 166 cm³/mol. The number of carbonyl (C=O) groups is 1. The lowest BCUT2D eigenvalue weighted by atomic mass is 10.0. The minimum Gasteiger partial charge on any atom is -0.487 e. The number of tetrazole rings is 1. The van der Waals surface area contributed by atoms with Gasteiger partial charge in [-0.1, -0.05) is 17.7 Å².